The largest absolute Gasteiger partial charge is 0.490 e. The van der Waals surface area contributed by atoms with Gasteiger partial charge < -0.3 is 33.9 Å². The summed E-state index contributed by atoms with van der Waals surface area (Å²) in [6.45, 7) is 20.8. The molecule has 300 valence electrons. The van der Waals surface area contributed by atoms with Gasteiger partial charge in [0.1, 0.15) is 23.7 Å². The van der Waals surface area contributed by atoms with Crippen LogP contribution in [0.3, 0.4) is 0 Å². The van der Waals surface area contributed by atoms with Crippen molar-refractivity contribution in [3.05, 3.63) is 59.7 Å². The summed E-state index contributed by atoms with van der Waals surface area (Å²) in [5, 5.41) is 7.57. The van der Waals surface area contributed by atoms with E-state index in [0.717, 1.165) is 127 Å². The number of hydrogen-bond acceptors (Lipinski definition) is 9. The average Bonchev–Trinajstić information content (AvgIpc) is 3.16. The molecule has 4 saturated heterocycles. The number of aliphatic hydroxyl groups excluding tert-OH is 1. The van der Waals surface area contributed by atoms with E-state index in [4.69, 9.17) is 24.1 Å². The summed E-state index contributed by atoms with van der Waals surface area (Å²) in [4.78, 5) is 34.0. The minimum absolute atomic E-state index is 0. The summed E-state index contributed by atoms with van der Waals surface area (Å²) in [6.07, 6.45) is 4.18. The third kappa shape index (κ3) is 15.2. The van der Waals surface area contributed by atoms with Gasteiger partial charge in [-0.2, -0.15) is 0 Å². The lowest BCUT2D eigenvalue weighted by Gasteiger charge is -2.37. The molecule has 6 rings (SSSR count). The zero-order valence-corrected chi connectivity index (χ0v) is 34.1. The normalized spacial score (nSPS) is 18.8. The van der Waals surface area contributed by atoms with Gasteiger partial charge in [-0.15, -0.1) is 24.8 Å². The number of rotatable bonds is 8. The van der Waals surface area contributed by atoms with Gasteiger partial charge in [0.05, 0.1) is 26.4 Å². The molecule has 4 aliphatic heterocycles. The Morgan fingerprint density at radius 2 is 0.887 bits per heavy atom. The van der Waals surface area contributed by atoms with Gasteiger partial charge in [0, 0.05) is 108 Å². The highest BCUT2D eigenvalue weighted by Gasteiger charge is 2.25. The van der Waals surface area contributed by atoms with E-state index in [9.17, 15) is 9.59 Å². The van der Waals surface area contributed by atoms with Crippen molar-refractivity contribution >= 4 is 36.6 Å². The Balaban J connectivity index is 0.000000330. The predicted octanol–water partition coefficient (Wildman–Crippen LogP) is 5.66. The summed E-state index contributed by atoms with van der Waals surface area (Å²) in [5.41, 5.74) is 1.49. The van der Waals surface area contributed by atoms with Crippen LogP contribution in [0.15, 0.2) is 48.5 Å². The van der Waals surface area contributed by atoms with E-state index in [1.165, 1.54) is 0 Å². The van der Waals surface area contributed by atoms with Crippen molar-refractivity contribution in [1.29, 1.82) is 0 Å². The minimum atomic E-state index is 0. The molecule has 2 amide bonds. The summed E-state index contributed by atoms with van der Waals surface area (Å²) in [6, 6.07) is 16.3. The molecule has 0 unspecified atom stereocenters. The van der Waals surface area contributed by atoms with E-state index in [-0.39, 0.29) is 55.4 Å². The van der Waals surface area contributed by atoms with Gasteiger partial charge in [0.2, 0.25) is 0 Å². The van der Waals surface area contributed by atoms with E-state index in [1.807, 2.05) is 58.3 Å². The monoisotopic (exact) mass is 782 g/mol. The van der Waals surface area contributed by atoms with Crippen molar-refractivity contribution < 1.29 is 33.6 Å². The van der Waals surface area contributed by atoms with Crippen LogP contribution in [0, 0.1) is 0 Å². The lowest BCUT2D eigenvalue weighted by molar-refractivity contribution is 0.0253. The molecule has 0 spiro atoms. The van der Waals surface area contributed by atoms with Gasteiger partial charge in [0.25, 0.3) is 11.8 Å². The number of carbonyl (C=O) groups excluding carboxylic acids is 2. The third-order valence-electron chi connectivity index (χ3n) is 9.81. The Hall–Kier alpha value is -2.64. The van der Waals surface area contributed by atoms with Gasteiger partial charge in [-0.1, -0.05) is 0 Å². The molecule has 0 radical (unpaired) electrons. The third-order valence-corrected chi connectivity index (χ3v) is 9.81. The number of benzene rings is 2. The van der Waals surface area contributed by atoms with E-state index >= 15 is 0 Å². The van der Waals surface area contributed by atoms with Crippen LogP contribution in [0.2, 0.25) is 0 Å². The smallest absolute Gasteiger partial charge is 0.253 e. The van der Waals surface area contributed by atoms with E-state index in [1.54, 1.807) is 6.92 Å². The SMILES string of the molecule is CC(C)N1CCN(C(=O)c2ccc(OC3CCOCC3)cc2)CC1.CC(C)N1CCN(C(=O)c2ccc(OC3CCOCC3)cc2)CC1.CCO.Cl.Cl. The highest BCUT2D eigenvalue weighted by atomic mass is 35.5. The number of aliphatic hydroxyl groups is 1. The molecule has 0 bridgehead atoms. The highest BCUT2D eigenvalue weighted by Crippen LogP contribution is 2.21. The molecule has 0 saturated carbocycles. The van der Waals surface area contributed by atoms with Crippen molar-refractivity contribution in [2.45, 2.75) is 84.6 Å². The first-order valence-corrected chi connectivity index (χ1v) is 19.0. The van der Waals surface area contributed by atoms with Crippen molar-refractivity contribution in [2.24, 2.45) is 0 Å². The summed E-state index contributed by atoms with van der Waals surface area (Å²) in [5.74, 6) is 1.91. The molecule has 53 heavy (non-hydrogen) atoms. The molecule has 0 aliphatic carbocycles. The molecule has 2 aromatic rings. The fourth-order valence-electron chi connectivity index (χ4n) is 6.57. The number of halogens is 2. The van der Waals surface area contributed by atoms with Crippen LogP contribution in [0.1, 0.15) is 81.0 Å². The molecule has 0 atom stereocenters. The molecule has 2 aromatic carbocycles. The highest BCUT2D eigenvalue weighted by molar-refractivity contribution is 5.95. The van der Waals surface area contributed by atoms with E-state index in [0.29, 0.717) is 12.1 Å². The van der Waals surface area contributed by atoms with Crippen molar-refractivity contribution in [1.82, 2.24) is 19.6 Å². The minimum Gasteiger partial charge on any atom is -0.490 e. The maximum Gasteiger partial charge on any atom is 0.253 e. The standard InChI is InChI=1S/2C19H28N2O3.C2H6O.2ClH/c2*1-15(2)20-9-11-21(12-10-20)19(22)16-3-5-17(6-4-16)24-18-7-13-23-14-8-18;1-2-3;;/h2*3-6,15,18H,7-14H2,1-2H3;3H,2H2,1H3;2*1H. The summed E-state index contributed by atoms with van der Waals surface area (Å²) >= 11 is 0. The van der Waals surface area contributed by atoms with Gasteiger partial charge in [-0.05, 0) is 83.1 Å². The summed E-state index contributed by atoms with van der Waals surface area (Å²) < 4.78 is 22.6. The van der Waals surface area contributed by atoms with Crippen LogP contribution in [0.25, 0.3) is 0 Å². The molecule has 0 aromatic heterocycles. The van der Waals surface area contributed by atoms with Gasteiger partial charge in [-0.25, -0.2) is 0 Å². The lowest BCUT2D eigenvalue weighted by atomic mass is 10.1. The topological polar surface area (TPSA) is 104 Å². The fraction of sp³-hybridized carbons (Fsp3) is 0.650. The number of carbonyl (C=O) groups is 2. The van der Waals surface area contributed by atoms with Crippen LogP contribution in [-0.2, 0) is 9.47 Å². The van der Waals surface area contributed by atoms with Gasteiger partial charge in [-0.3, -0.25) is 19.4 Å². The van der Waals surface area contributed by atoms with Crippen LogP contribution >= 0.6 is 24.8 Å². The second kappa shape index (κ2) is 24.7. The van der Waals surface area contributed by atoms with E-state index < -0.39 is 0 Å². The number of piperazine rings is 2. The quantitative estimate of drug-likeness (QED) is 0.363. The molecule has 1 N–H and O–H groups in total. The zero-order valence-electron chi connectivity index (χ0n) is 32.5. The molecule has 4 fully saturated rings. The number of hydrogen-bond donors (Lipinski definition) is 1. The summed E-state index contributed by atoms with van der Waals surface area (Å²) in [7, 11) is 0. The molecular weight excluding hydrogens is 719 g/mol. The average molecular weight is 784 g/mol. The first-order chi connectivity index (χ1) is 24.7. The lowest BCUT2D eigenvalue weighted by Crippen LogP contribution is -2.50. The van der Waals surface area contributed by atoms with Gasteiger partial charge >= 0.3 is 0 Å². The Kier molecular flexibility index (Phi) is 21.7. The van der Waals surface area contributed by atoms with Crippen molar-refractivity contribution in [3.63, 3.8) is 0 Å². The Morgan fingerprint density at radius 3 is 1.15 bits per heavy atom. The zero-order chi connectivity index (χ0) is 36.6. The second-order valence-corrected chi connectivity index (χ2v) is 14.1. The molecular formula is C40H64Cl2N4O7. The fourth-order valence-corrected chi connectivity index (χ4v) is 6.57. The number of amides is 2. The Morgan fingerprint density at radius 1 is 0.604 bits per heavy atom. The van der Waals surface area contributed by atoms with Crippen LogP contribution in [0.5, 0.6) is 11.5 Å². The van der Waals surface area contributed by atoms with Crippen molar-refractivity contribution in [2.75, 3.05) is 85.4 Å². The molecule has 4 heterocycles. The first-order valence-electron chi connectivity index (χ1n) is 19.0. The first kappa shape index (κ1) is 46.5. The van der Waals surface area contributed by atoms with E-state index in [2.05, 4.69) is 37.5 Å². The Bertz CT molecular complexity index is 1190. The maximum absolute atomic E-state index is 12.6. The van der Waals surface area contributed by atoms with Crippen molar-refractivity contribution in [3.8, 4) is 11.5 Å². The molecule has 11 nitrogen and oxygen atoms in total. The maximum atomic E-state index is 12.6. The number of nitrogens with zero attached hydrogens (tertiary/aromatic N) is 4. The second-order valence-electron chi connectivity index (χ2n) is 14.1. The Labute approximate surface area is 330 Å². The molecule has 13 heteroatoms. The van der Waals surface area contributed by atoms with Crippen LogP contribution in [-0.4, -0.2) is 146 Å². The van der Waals surface area contributed by atoms with Gasteiger partial charge in [0.15, 0.2) is 0 Å². The van der Waals surface area contributed by atoms with Crippen LogP contribution < -0.4 is 9.47 Å². The number of ether oxygens (including phenoxy) is 4. The predicted molar refractivity (Wildman–Crippen MR) is 214 cm³/mol. The molecule has 4 aliphatic rings. The van der Waals surface area contributed by atoms with Crippen LogP contribution in [0.4, 0.5) is 0 Å².